The van der Waals surface area contributed by atoms with Crippen LogP contribution in [0.2, 0.25) is 0 Å². The van der Waals surface area contributed by atoms with Gasteiger partial charge in [0.25, 0.3) is 0 Å². The van der Waals surface area contributed by atoms with E-state index in [1.807, 2.05) is 11.8 Å². The van der Waals surface area contributed by atoms with E-state index in [0.29, 0.717) is 23.9 Å². The third kappa shape index (κ3) is 3.84. The quantitative estimate of drug-likeness (QED) is 0.796. The first kappa shape index (κ1) is 20.2. The fraction of sp³-hybridized carbons (Fsp3) is 0.619. The largest absolute Gasteiger partial charge is 0.450 e. The van der Waals surface area contributed by atoms with Crippen LogP contribution in [0.5, 0.6) is 0 Å². The summed E-state index contributed by atoms with van der Waals surface area (Å²) in [6.45, 7) is 7.47. The fourth-order valence-corrected chi connectivity index (χ4v) is 5.39. The second-order valence-electron chi connectivity index (χ2n) is 8.85. The van der Waals surface area contributed by atoms with Gasteiger partial charge in [0.2, 0.25) is 0 Å². The van der Waals surface area contributed by atoms with Crippen molar-refractivity contribution in [1.29, 1.82) is 0 Å². The molecule has 0 bridgehead atoms. The molecule has 1 spiro atoms. The Morgan fingerprint density at radius 3 is 2.81 bits per heavy atom. The molecule has 2 aliphatic heterocycles. The predicted octanol–water partition coefficient (Wildman–Crippen LogP) is 2.14. The maximum atomic E-state index is 13.8. The van der Waals surface area contributed by atoms with Crippen LogP contribution in [-0.2, 0) is 4.74 Å². The SMILES string of the molecule is CCOC(=O)N1CC2(CC[C@@H](N3CCN(c4ncc(F)cc4-c4cn[nH]n4)CC3)C2)C1. The highest BCUT2D eigenvalue weighted by atomic mass is 19.1. The molecule has 31 heavy (non-hydrogen) atoms. The molecular formula is C21H28FN7O2. The molecule has 9 nitrogen and oxygen atoms in total. The topological polar surface area (TPSA) is 90.5 Å². The van der Waals surface area contributed by atoms with E-state index in [1.165, 1.54) is 25.1 Å². The Kier molecular flexibility index (Phi) is 5.25. The maximum absolute atomic E-state index is 13.8. The Labute approximate surface area is 180 Å². The van der Waals surface area contributed by atoms with E-state index in [0.717, 1.165) is 51.5 Å². The van der Waals surface area contributed by atoms with Crippen LogP contribution in [0, 0.1) is 11.2 Å². The van der Waals surface area contributed by atoms with Gasteiger partial charge in [0.1, 0.15) is 17.3 Å². The standard InChI is InChI=1S/C21H28FN7O2/c1-2-31-20(30)29-13-21(14-29)4-3-16(10-21)27-5-7-28(8-6-27)19-17(9-15(22)11-23-19)18-12-24-26-25-18/h9,11-12,16H,2-8,10,13-14H2,1H3,(H,24,25,26)/t16-/m1/s1. The average Bonchev–Trinajstić information content (AvgIpc) is 3.43. The summed E-state index contributed by atoms with van der Waals surface area (Å²) >= 11 is 0. The highest BCUT2D eigenvalue weighted by Gasteiger charge is 2.51. The first-order valence-electron chi connectivity index (χ1n) is 11.0. The van der Waals surface area contributed by atoms with Crippen molar-refractivity contribution in [3.05, 3.63) is 24.3 Å². The summed E-state index contributed by atoms with van der Waals surface area (Å²) < 4.78 is 18.9. The first-order chi connectivity index (χ1) is 15.1. The van der Waals surface area contributed by atoms with Crippen molar-refractivity contribution < 1.29 is 13.9 Å². The van der Waals surface area contributed by atoms with Crippen molar-refractivity contribution in [3.63, 3.8) is 0 Å². The molecule has 0 unspecified atom stereocenters. The summed E-state index contributed by atoms with van der Waals surface area (Å²) in [6.07, 6.45) is 6.16. The van der Waals surface area contributed by atoms with Crippen molar-refractivity contribution in [1.82, 2.24) is 30.2 Å². The summed E-state index contributed by atoms with van der Waals surface area (Å²) in [6, 6.07) is 2.03. The molecule has 2 aromatic heterocycles. The lowest BCUT2D eigenvalue weighted by molar-refractivity contribution is -0.00294. The molecule has 1 saturated carbocycles. The van der Waals surface area contributed by atoms with E-state index < -0.39 is 0 Å². The molecule has 2 aromatic rings. The number of ether oxygens (including phenoxy) is 1. The number of H-pyrrole nitrogens is 1. The molecule has 5 rings (SSSR count). The Morgan fingerprint density at radius 2 is 2.10 bits per heavy atom. The zero-order chi connectivity index (χ0) is 21.4. The molecule has 0 aromatic carbocycles. The van der Waals surface area contributed by atoms with Gasteiger partial charge in [-0.3, -0.25) is 4.90 Å². The number of hydrogen-bond donors (Lipinski definition) is 1. The molecule has 1 atom stereocenters. The summed E-state index contributed by atoms with van der Waals surface area (Å²) in [7, 11) is 0. The molecule has 3 aliphatic rings. The number of hydrogen-bond acceptors (Lipinski definition) is 7. The summed E-state index contributed by atoms with van der Waals surface area (Å²) in [4.78, 5) is 22.9. The zero-order valence-electron chi connectivity index (χ0n) is 17.8. The van der Waals surface area contributed by atoms with Crippen molar-refractivity contribution in [3.8, 4) is 11.3 Å². The highest BCUT2D eigenvalue weighted by Crippen LogP contribution is 2.47. The summed E-state index contributed by atoms with van der Waals surface area (Å²) in [5.41, 5.74) is 1.53. The Hall–Kier alpha value is -2.75. The molecule has 2 saturated heterocycles. The zero-order valence-corrected chi connectivity index (χ0v) is 17.8. The first-order valence-corrected chi connectivity index (χ1v) is 11.0. The molecule has 4 heterocycles. The molecule has 3 fully saturated rings. The minimum Gasteiger partial charge on any atom is -0.450 e. The van der Waals surface area contributed by atoms with Gasteiger partial charge in [-0.05, 0) is 32.3 Å². The fourth-order valence-electron chi connectivity index (χ4n) is 5.39. The number of nitrogens with one attached hydrogen (secondary N) is 1. The predicted molar refractivity (Wildman–Crippen MR) is 112 cm³/mol. The van der Waals surface area contributed by atoms with Crippen LogP contribution in [0.3, 0.4) is 0 Å². The summed E-state index contributed by atoms with van der Waals surface area (Å²) in [5.74, 6) is 0.371. The van der Waals surface area contributed by atoms with Gasteiger partial charge < -0.3 is 14.5 Å². The number of piperazine rings is 1. The van der Waals surface area contributed by atoms with E-state index in [1.54, 1.807) is 6.20 Å². The number of pyridine rings is 1. The molecule has 166 valence electrons. The van der Waals surface area contributed by atoms with Crippen LogP contribution >= 0.6 is 0 Å². The number of anilines is 1. The lowest BCUT2D eigenvalue weighted by Crippen LogP contribution is -2.58. The number of rotatable bonds is 4. The van der Waals surface area contributed by atoms with Crippen LogP contribution in [0.4, 0.5) is 15.0 Å². The smallest absolute Gasteiger partial charge is 0.409 e. The highest BCUT2D eigenvalue weighted by molar-refractivity contribution is 5.72. The van der Waals surface area contributed by atoms with Gasteiger partial charge in [0.05, 0.1) is 19.0 Å². The van der Waals surface area contributed by atoms with Gasteiger partial charge in [-0.1, -0.05) is 0 Å². The van der Waals surface area contributed by atoms with Gasteiger partial charge >= 0.3 is 6.09 Å². The number of carbonyl (C=O) groups excluding carboxylic acids is 1. The molecular weight excluding hydrogens is 401 g/mol. The van der Waals surface area contributed by atoms with Gasteiger partial charge in [-0.15, -0.1) is 0 Å². The van der Waals surface area contributed by atoms with Crippen LogP contribution < -0.4 is 4.90 Å². The monoisotopic (exact) mass is 429 g/mol. The number of likely N-dealkylation sites (tertiary alicyclic amines) is 1. The van der Waals surface area contributed by atoms with Gasteiger partial charge in [-0.2, -0.15) is 15.4 Å². The normalized spacial score (nSPS) is 23.2. The van der Waals surface area contributed by atoms with Crippen molar-refractivity contribution >= 4 is 11.9 Å². The van der Waals surface area contributed by atoms with E-state index in [2.05, 4.69) is 30.2 Å². The van der Waals surface area contributed by atoms with Crippen LogP contribution in [0.1, 0.15) is 26.2 Å². The number of amides is 1. The number of carbonyl (C=O) groups is 1. The second kappa shape index (κ2) is 8.07. The van der Waals surface area contributed by atoms with Crippen molar-refractivity contribution in [2.75, 3.05) is 50.8 Å². The lowest BCUT2D eigenvalue weighted by atomic mass is 9.78. The van der Waals surface area contributed by atoms with Crippen LogP contribution in [0.25, 0.3) is 11.3 Å². The van der Waals surface area contributed by atoms with E-state index in [9.17, 15) is 9.18 Å². The van der Waals surface area contributed by atoms with Crippen molar-refractivity contribution in [2.45, 2.75) is 32.2 Å². The Bertz CT molecular complexity index is 924. The Balaban J connectivity index is 1.19. The number of halogens is 1. The number of aromatic amines is 1. The third-order valence-corrected chi connectivity index (χ3v) is 6.91. The minimum atomic E-state index is -0.381. The lowest BCUT2D eigenvalue weighted by Gasteiger charge is -2.48. The van der Waals surface area contributed by atoms with Gasteiger partial charge in [-0.25, -0.2) is 14.2 Å². The van der Waals surface area contributed by atoms with E-state index in [-0.39, 0.29) is 17.3 Å². The van der Waals surface area contributed by atoms with Crippen molar-refractivity contribution in [2.24, 2.45) is 5.41 Å². The van der Waals surface area contributed by atoms with E-state index in [4.69, 9.17) is 4.74 Å². The van der Waals surface area contributed by atoms with Crippen LogP contribution in [0.15, 0.2) is 18.5 Å². The molecule has 1 aliphatic carbocycles. The number of aromatic nitrogens is 4. The maximum Gasteiger partial charge on any atom is 0.409 e. The molecule has 1 N–H and O–H groups in total. The summed E-state index contributed by atoms with van der Waals surface area (Å²) in [5, 5.41) is 10.5. The average molecular weight is 430 g/mol. The number of nitrogens with zero attached hydrogens (tertiary/aromatic N) is 6. The third-order valence-electron chi connectivity index (χ3n) is 6.91. The Morgan fingerprint density at radius 1 is 1.29 bits per heavy atom. The van der Waals surface area contributed by atoms with Crippen LogP contribution in [-0.4, -0.2) is 88.2 Å². The second-order valence-corrected chi connectivity index (χ2v) is 8.85. The van der Waals surface area contributed by atoms with E-state index >= 15 is 0 Å². The molecule has 1 amide bonds. The molecule has 0 radical (unpaired) electrons. The molecule has 10 heteroatoms. The van der Waals surface area contributed by atoms with Gasteiger partial charge in [0.15, 0.2) is 0 Å². The van der Waals surface area contributed by atoms with Gasteiger partial charge in [0, 0.05) is 56.3 Å². The minimum absolute atomic E-state index is 0.181.